The number of carbonyl (C=O) groups excluding carboxylic acids is 2. The second kappa shape index (κ2) is 15.9. The Morgan fingerprint density at radius 3 is 2.06 bits per heavy atom. The molecule has 15 heteroatoms. The summed E-state index contributed by atoms with van der Waals surface area (Å²) in [6, 6.07) is 24.5. The SMILES string of the molecule is COc1cc(C)c(S(=O)(=O)/N=C(\N)NS(=O)(=O)CC[C@H](NC(=O)OCC2c3ccccc3-c3ccccc32)C(=O)OCc2ccccc2)c(C)c1C. The first-order chi connectivity index (χ1) is 24.7. The predicted octanol–water partition coefficient (Wildman–Crippen LogP) is 4.58. The average molecular weight is 749 g/mol. The Morgan fingerprint density at radius 2 is 1.44 bits per heavy atom. The summed E-state index contributed by atoms with van der Waals surface area (Å²) in [5.74, 6) is -2.34. The van der Waals surface area contributed by atoms with Gasteiger partial charge in [-0.1, -0.05) is 78.9 Å². The molecule has 0 spiro atoms. The van der Waals surface area contributed by atoms with Crippen molar-refractivity contribution in [1.82, 2.24) is 10.0 Å². The van der Waals surface area contributed by atoms with Gasteiger partial charge in [-0.3, -0.25) is 4.72 Å². The number of hydrogen-bond donors (Lipinski definition) is 3. The molecule has 0 bridgehead atoms. The number of esters is 1. The number of sulfonamides is 2. The van der Waals surface area contributed by atoms with Gasteiger partial charge < -0.3 is 25.3 Å². The first-order valence-electron chi connectivity index (χ1n) is 16.3. The van der Waals surface area contributed by atoms with Gasteiger partial charge in [0.2, 0.25) is 16.0 Å². The number of methoxy groups -OCH3 is 1. The van der Waals surface area contributed by atoms with Gasteiger partial charge in [0.15, 0.2) is 0 Å². The Morgan fingerprint density at radius 1 is 0.846 bits per heavy atom. The van der Waals surface area contributed by atoms with Crippen molar-refractivity contribution in [2.24, 2.45) is 10.1 Å². The molecule has 0 heterocycles. The highest BCUT2D eigenvalue weighted by Gasteiger charge is 2.31. The van der Waals surface area contributed by atoms with Gasteiger partial charge >= 0.3 is 12.1 Å². The van der Waals surface area contributed by atoms with Crippen molar-refractivity contribution in [3.63, 3.8) is 0 Å². The molecule has 0 fully saturated rings. The molecule has 1 atom stereocenters. The number of hydrogen-bond acceptors (Lipinski definition) is 9. The maximum atomic E-state index is 13.2. The van der Waals surface area contributed by atoms with Gasteiger partial charge in [-0.25, -0.2) is 18.0 Å². The first kappa shape index (κ1) is 37.8. The number of ether oxygens (including phenoxy) is 3. The standard InChI is InChI=1S/C37H40N4O9S2/c1-23-20-33(48-4)24(2)25(3)34(23)52(46,47)41-36(38)40-51(44,45)19-18-32(35(42)49-21-26-12-6-5-7-13-26)39-37(43)50-22-31-29-16-10-8-14-27(29)28-15-9-11-17-30(28)31/h5-17,20,31-32H,18-19,21-22H2,1-4H3,(H,39,43)(H3,38,40,41)/t32-/m0/s1. The molecule has 0 saturated carbocycles. The summed E-state index contributed by atoms with van der Waals surface area (Å²) < 4.78 is 74.3. The second-order valence-corrected chi connectivity index (χ2v) is 15.6. The molecule has 4 N–H and O–H groups in total. The molecule has 1 aliphatic carbocycles. The third-order valence-electron chi connectivity index (χ3n) is 8.75. The van der Waals surface area contributed by atoms with E-state index in [2.05, 4.69) is 9.71 Å². The molecule has 4 aromatic rings. The van der Waals surface area contributed by atoms with Gasteiger partial charge in [-0.15, -0.1) is 4.40 Å². The zero-order valence-electron chi connectivity index (χ0n) is 29.1. The number of nitrogens with two attached hydrogens (primary N) is 1. The molecular weight excluding hydrogens is 709 g/mol. The van der Waals surface area contributed by atoms with Gasteiger partial charge in [-0.05, 0) is 77.8 Å². The summed E-state index contributed by atoms with van der Waals surface area (Å²) in [5, 5.41) is 2.44. The lowest BCUT2D eigenvalue weighted by Crippen LogP contribution is -2.45. The third-order valence-corrected chi connectivity index (χ3v) is 11.6. The molecule has 5 rings (SSSR count). The van der Waals surface area contributed by atoms with Gasteiger partial charge in [0.05, 0.1) is 17.8 Å². The van der Waals surface area contributed by atoms with Crippen LogP contribution < -0.4 is 20.5 Å². The van der Waals surface area contributed by atoms with Gasteiger partial charge in [0.25, 0.3) is 10.0 Å². The minimum atomic E-state index is -4.45. The lowest BCUT2D eigenvalue weighted by Gasteiger charge is -2.19. The van der Waals surface area contributed by atoms with Crippen LogP contribution in [0.3, 0.4) is 0 Å². The molecule has 0 saturated heterocycles. The van der Waals surface area contributed by atoms with Crippen LogP contribution in [-0.4, -0.2) is 60.4 Å². The Labute approximate surface area is 303 Å². The highest BCUT2D eigenvalue weighted by atomic mass is 32.2. The third kappa shape index (κ3) is 8.72. The van der Waals surface area contributed by atoms with Crippen LogP contribution in [0.5, 0.6) is 5.75 Å². The Bertz CT molecular complexity index is 2180. The number of alkyl carbamates (subject to hydrolysis) is 1. The van der Waals surface area contributed by atoms with E-state index in [-0.39, 0.29) is 24.0 Å². The number of amides is 1. The smallest absolute Gasteiger partial charge is 0.407 e. The molecule has 274 valence electrons. The molecule has 0 radical (unpaired) electrons. The molecular formula is C37H40N4O9S2. The number of aryl methyl sites for hydroxylation is 1. The largest absolute Gasteiger partial charge is 0.496 e. The maximum Gasteiger partial charge on any atom is 0.407 e. The number of nitrogens with one attached hydrogen (secondary N) is 2. The van der Waals surface area contributed by atoms with E-state index in [9.17, 15) is 26.4 Å². The molecule has 52 heavy (non-hydrogen) atoms. The van der Waals surface area contributed by atoms with Crippen LogP contribution >= 0.6 is 0 Å². The van der Waals surface area contributed by atoms with E-state index in [0.717, 1.165) is 22.3 Å². The van der Waals surface area contributed by atoms with E-state index >= 15 is 0 Å². The van der Waals surface area contributed by atoms with E-state index in [1.165, 1.54) is 13.2 Å². The summed E-state index contributed by atoms with van der Waals surface area (Å²) in [5.41, 5.74) is 11.8. The maximum absolute atomic E-state index is 13.2. The molecule has 4 aromatic carbocycles. The fraction of sp³-hybridized carbons (Fsp3) is 0.270. The van der Waals surface area contributed by atoms with E-state index in [1.807, 2.05) is 53.3 Å². The van der Waals surface area contributed by atoms with Crippen molar-refractivity contribution in [1.29, 1.82) is 0 Å². The van der Waals surface area contributed by atoms with Crippen LogP contribution in [0.2, 0.25) is 0 Å². The van der Waals surface area contributed by atoms with Gasteiger partial charge in [0.1, 0.15) is 25.0 Å². The summed E-state index contributed by atoms with van der Waals surface area (Å²) in [4.78, 5) is 26.2. The summed E-state index contributed by atoms with van der Waals surface area (Å²) in [6.07, 6.45) is -1.43. The second-order valence-electron chi connectivity index (χ2n) is 12.3. The summed E-state index contributed by atoms with van der Waals surface area (Å²) in [7, 11) is -7.38. The van der Waals surface area contributed by atoms with Crippen molar-refractivity contribution in [2.75, 3.05) is 19.5 Å². The zero-order valence-corrected chi connectivity index (χ0v) is 30.7. The molecule has 0 aromatic heterocycles. The molecule has 0 unspecified atom stereocenters. The van der Waals surface area contributed by atoms with Crippen LogP contribution in [-0.2, 0) is 40.9 Å². The normalized spacial score (nSPS) is 13.4. The minimum Gasteiger partial charge on any atom is -0.496 e. The van der Waals surface area contributed by atoms with E-state index in [4.69, 9.17) is 19.9 Å². The molecule has 1 aliphatic rings. The predicted molar refractivity (Wildman–Crippen MR) is 196 cm³/mol. The van der Waals surface area contributed by atoms with Crippen molar-refractivity contribution in [3.05, 3.63) is 118 Å². The molecule has 0 aliphatic heterocycles. The number of benzene rings is 4. The Hall–Kier alpha value is -5.41. The highest BCUT2D eigenvalue weighted by Crippen LogP contribution is 2.44. The number of fused-ring (bicyclic) bond motifs is 3. The molecule has 1 amide bonds. The van der Waals surface area contributed by atoms with E-state index in [1.54, 1.807) is 51.1 Å². The van der Waals surface area contributed by atoms with E-state index in [0.29, 0.717) is 28.0 Å². The number of rotatable bonds is 13. The van der Waals surface area contributed by atoms with Gasteiger partial charge in [0, 0.05) is 5.92 Å². The lowest BCUT2D eigenvalue weighted by molar-refractivity contribution is -0.147. The fourth-order valence-corrected chi connectivity index (χ4v) is 8.64. The minimum absolute atomic E-state index is 0.0420. The average Bonchev–Trinajstić information content (AvgIpc) is 3.42. The quantitative estimate of drug-likeness (QED) is 0.0990. The summed E-state index contributed by atoms with van der Waals surface area (Å²) in [6.45, 7) is 4.64. The van der Waals surface area contributed by atoms with Crippen LogP contribution in [0.15, 0.2) is 94.2 Å². The number of carbonyl (C=O) groups is 2. The molecule has 13 nitrogen and oxygen atoms in total. The van der Waals surface area contributed by atoms with Gasteiger partial charge in [-0.2, -0.15) is 8.42 Å². The first-order valence-corrected chi connectivity index (χ1v) is 19.4. The van der Waals surface area contributed by atoms with Crippen molar-refractivity contribution >= 4 is 38.1 Å². The van der Waals surface area contributed by atoms with Crippen LogP contribution in [0.1, 0.15) is 45.7 Å². The number of guanidine groups is 1. The topological polar surface area (TPSA) is 193 Å². The Kier molecular flexibility index (Phi) is 11.5. The van der Waals surface area contributed by atoms with Crippen LogP contribution in [0.4, 0.5) is 4.79 Å². The number of nitrogens with zero attached hydrogens (tertiary/aromatic N) is 1. The van der Waals surface area contributed by atoms with E-state index < -0.39 is 56.3 Å². The van der Waals surface area contributed by atoms with Crippen molar-refractivity contribution in [3.8, 4) is 16.9 Å². The zero-order chi connectivity index (χ0) is 37.6. The summed E-state index contributed by atoms with van der Waals surface area (Å²) >= 11 is 0. The van der Waals surface area contributed by atoms with Crippen molar-refractivity contribution < 1.29 is 40.6 Å². The van der Waals surface area contributed by atoms with Crippen LogP contribution in [0, 0.1) is 20.8 Å². The van der Waals surface area contributed by atoms with Crippen molar-refractivity contribution in [2.45, 2.75) is 50.7 Å². The monoisotopic (exact) mass is 748 g/mol. The fourth-order valence-electron chi connectivity index (χ4n) is 6.17. The Balaban J connectivity index is 1.28. The van der Waals surface area contributed by atoms with Crippen LogP contribution in [0.25, 0.3) is 11.1 Å². The lowest BCUT2D eigenvalue weighted by atomic mass is 9.98. The highest BCUT2D eigenvalue weighted by molar-refractivity contribution is 7.91.